The topological polar surface area (TPSA) is 138 Å². The first kappa shape index (κ1) is 23.6. The summed E-state index contributed by atoms with van der Waals surface area (Å²) in [6.07, 6.45) is 0.947. The number of hydrogen-bond acceptors (Lipinski definition) is 9. The van der Waals surface area contributed by atoms with Crippen molar-refractivity contribution in [2.45, 2.75) is 27.4 Å². The van der Waals surface area contributed by atoms with Gasteiger partial charge >= 0.3 is 11.9 Å². The van der Waals surface area contributed by atoms with Crippen LogP contribution in [0.25, 0.3) is 0 Å². The molecule has 0 fully saturated rings. The van der Waals surface area contributed by atoms with Crippen molar-refractivity contribution in [2.24, 2.45) is 5.16 Å². The summed E-state index contributed by atoms with van der Waals surface area (Å²) in [5.74, 6) is -0.600. The molecule has 1 aliphatic rings. The van der Waals surface area contributed by atoms with E-state index in [0.717, 1.165) is 6.21 Å². The van der Waals surface area contributed by atoms with Crippen LogP contribution in [0.3, 0.4) is 0 Å². The highest BCUT2D eigenvalue weighted by Gasteiger charge is 2.25. The van der Waals surface area contributed by atoms with Gasteiger partial charge in [-0.15, -0.1) is 0 Å². The van der Waals surface area contributed by atoms with Gasteiger partial charge in [-0.1, -0.05) is 5.16 Å². The third kappa shape index (κ3) is 5.82. The van der Waals surface area contributed by atoms with Crippen molar-refractivity contribution in [1.29, 1.82) is 0 Å². The number of nitrogens with one attached hydrogen (secondary N) is 2. The number of oxime groups is 1. The van der Waals surface area contributed by atoms with Crippen LogP contribution < -0.4 is 14.8 Å². The van der Waals surface area contributed by atoms with Crippen LogP contribution >= 0.6 is 0 Å². The number of ether oxygens (including phenoxy) is 4. The van der Waals surface area contributed by atoms with E-state index in [-0.39, 0.29) is 36.8 Å². The zero-order chi connectivity index (χ0) is 23.8. The van der Waals surface area contributed by atoms with Crippen LogP contribution in [-0.2, 0) is 25.7 Å². The number of H-pyrrole nitrogens is 1. The first-order chi connectivity index (χ1) is 15.9. The van der Waals surface area contributed by atoms with Crippen molar-refractivity contribution in [3.63, 3.8) is 0 Å². The van der Waals surface area contributed by atoms with E-state index in [4.69, 9.17) is 23.8 Å². The van der Waals surface area contributed by atoms with Crippen LogP contribution in [0.15, 0.2) is 23.4 Å². The Morgan fingerprint density at radius 3 is 2.52 bits per heavy atom. The lowest BCUT2D eigenvalue weighted by Gasteiger charge is -2.18. The summed E-state index contributed by atoms with van der Waals surface area (Å²) in [6.45, 7) is 6.00. The van der Waals surface area contributed by atoms with Crippen LogP contribution in [0.1, 0.15) is 46.0 Å². The Bertz CT molecular complexity index is 1060. The van der Waals surface area contributed by atoms with Crippen LogP contribution in [0, 0.1) is 6.92 Å². The average molecular weight is 459 g/mol. The maximum absolute atomic E-state index is 12.4. The summed E-state index contributed by atoms with van der Waals surface area (Å²) in [5, 5.41) is 6.27. The quantitative estimate of drug-likeness (QED) is 0.332. The zero-order valence-electron chi connectivity index (χ0n) is 18.6. The van der Waals surface area contributed by atoms with Gasteiger partial charge < -0.3 is 34.1 Å². The molecule has 0 radical (unpaired) electrons. The van der Waals surface area contributed by atoms with Gasteiger partial charge in [-0.3, -0.25) is 4.79 Å². The van der Waals surface area contributed by atoms with Crippen LogP contribution in [0.2, 0.25) is 0 Å². The molecule has 11 nitrogen and oxygen atoms in total. The Morgan fingerprint density at radius 2 is 1.79 bits per heavy atom. The summed E-state index contributed by atoms with van der Waals surface area (Å²) in [5.41, 5.74) is 1.44. The van der Waals surface area contributed by atoms with Crippen molar-refractivity contribution >= 4 is 29.7 Å². The highest BCUT2D eigenvalue weighted by Crippen LogP contribution is 2.32. The van der Waals surface area contributed by atoms with E-state index >= 15 is 0 Å². The van der Waals surface area contributed by atoms with Gasteiger partial charge in [-0.2, -0.15) is 0 Å². The minimum atomic E-state index is -0.610. The first-order valence-corrected chi connectivity index (χ1v) is 10.4. The van der Waals surface area contributed by atoms with Crippen LogP contribution in [0.4, 0.5) is 5.69 Å². The summed E-state index contributed by atoms with van der Waals surface area (Å²) in [6, 6.07) is 5.01. The van der Waals surface area contributed by atoms with Gasteiger partial charge in [0.1, 0.15) is 25.1 Å². The SMILES string of the molecule is CCOC(=O)c1[nH]c(CO/N=C\C(=O)Nc2ccc3c(c2)OCCO3)c(C(=O)OCC)c1C. The van der Waals surface area contributed by atoms with E-state index in [0.29, 0.717) is 36.0 Å². The number of fused-ring (bicyclic) bond motifs is 1. The number of carbonyl (C=O) groups is 3. The molecule has 0 saturated carbocycles. The molecule has 1 aromatic carbocycles. The zero-order valence-corrected chi connectivity index (χ0v) is 18.6. The number of benzene rings is 1. The molecule has 176 valence electrons. The van der Waals surface area contributed by atoms with Gasteiger partial charge in [0.2, 0.25) is 0 Å². The third-order valence-electron chi connectivity index (χ3n) is 4.55. The van der Waals surface area contributed by atoms with E-state index in [1.54, 1.807) is 39.0 Å². The lowest BCUT2D eigenvalue weighted by Crippen LogP contribution is -2.16. The number of hydrogen-bond donors (Lipinski definition) is 2. The molecule has 0 spiro atoms. The van der Waals surface area contributed by atoms with Crippen LogP contribution in [-0.4, -0.2) is 55.5 Å². The molecule has 0 aliphatic carbocycles. The number of rotatable bonds is 9. The fraction of sp³-hybridized carbons (Fsp3) is 0.364. The Kier molecular flexibility index (Phi) is 7.90. The van der Waals surface area contributed by atoms with Gasteiger partial charge in [0.15, 0.2) is 18.1 Å². The molecule has 33 heavy (non-hydrogen) atoms. The average Bonchev–Trinajstić information content (AvgIpc) is 3.13. The summed E-state index contributed by atoms with van der Waals surface area (Å²) >= 11 is 0. The number of aromatic nitrogens is 1. The van der Waals surface area contributed by atoms with Gasteiger partial charge in [-0.05, 0) is 38.5 Å². The van der Waals surface area contributed by atoms with E-state index in [9.17, 15) is 14.4 Å². The maximum atomic E-state index is 12.4. The van der Waals surface area contributed by atoms with Crippen LogP contribution in [0.5, 0.6) is 11.5 Å². The predicted octanol–water partition coefficient (Wildman–Crippen LogP) is 2.59. The molecule has 11 heteroatoms. The van der Waals surface area contributed by atoms with E-state index in [2.05, 4.69) is 15.5 Å². The summed E-state index contributed by atoms with van der Waals surface area (Å²) in [4.78, 5) is 44.6. The summed E-state index contributed by atoms with van der Waals surface area (Å²) in [7, 11) is 0. The maximum Gasteiger partial charge on any atom is 0.355 e. The molecule has 1 amide bonds. The molecule has 2 N–H and O–H groups in total. The molecule has 1 aliphatic heterocycles. The van der Waals surface area contributed by atoms with Gasteiger partial charge in [0, 0.05) is 11.8 Å². The largest absolute Gasteiger partial charge is 0.486 e. The minimum absolute atomic E-state index is 0.124. The molecular formula is C22H25N3O8. The van der Waals surface area contributed by atoms with Crippen molar-refractivity contribution in [3.05, 3.63) is 40.7 Å². The van der Waals surface area contributed by atoms with Gasteiger partial charge in [-0.25, -0.2) is 9.59 Å². The van der Waals surface area contributed by atoms with Crippen molar-refractivity contribution in [1.82, 2.24) is 4.98 Å². The molecule has 2 aromatic rings. The number of amides is 1. The second-order valence-electron chi connectivity index (χ2n) is 6.78. The number of esters is 2. The van der Waals surface area contributed by atoms with E-state index in [1.165, 1.54) is 0 Å². The summed E-state index contributed by atoms with van der Waals surface area (Å²) < 4.78 is 21.0. The highest BCUT2D eigenvalue weighted by molar-refractivity contribution is 6.31. The fourth-order valence-electron chi connectivity index (χ4n) is 3.14. The molecule has 3 rings (SSSR count). The lowest BCUT2D eigenvalue weighted by molar-refractivity contribution is -0.110. The number of nitrogens with zero attached hydrogens (tertiary/aromatic N) is 1. The van der Waals surface area contributed by atoms with Crippen molar-refractivity contribution in [2.75, 3.05) is 31.7 Å². The van der Waals surface area contributed by atoms with E-state index < -0.39 is 17.8 Å². The number of aromatic amines is 1. The first-order valence-electron chi connectivity index (χ1n) is 10.4. The second kappa shape index (κ2) is 11.0. The minimum Gasteiger partial charge on any atom is -0.486 e. The standard InChI is InChI=1S/C22H25N3O8/c1-4-29-21(27)19-13(3)20(22(28)30-5-2)25-15(19)12-33-23-11-18(26)24-14-6-7-16-17(10-14)32-9-8-31-16/h6-7,10-11,25H,4-5,8-9,12H2,1-3H3,(H,24,26)/b23-11-. The van der Waals surface area contributed by atoms with Gasteiger partial charge in [0.25, 0.3) is 5.91 Å². The highest BCUT2D eigenvalue weighted by atomic mass is 16.6. The molecular weight excluding hydrogens is 434 g/mol. The van der Waals surface area contributed by atoms with E-state index in [1.807, 2.05) is 0 Å². The molecule has 0 saturated heterocycles. The second-order valence-corrected chi connectivity index (χ2v) is 6.78. The lowest BCUT2D eigenvalue weighted by atomic mass is 10.1. The Hall–Kier alpha value is -4.02. The third-order valence-corrected chi connectivity index (χ3v) is 4.55. The Labute approximate surface area is 190 Å². The fourth-order valence-corrected chi connectivity index (χ4v) is 3.14. The normalized spacial score (nSPS) is 12.3. The van der Waals surface area contributed by atoms with Crippen molar-refractivity contribution < 1.29 is 38.2 Å². The number of carbonyl (C=O) groups excluding carboxylic acids is 3. The molecule has 0 unspecified atom stereocenters. The molecule has 0 bridgehead atoms. The van der Waals surface area contributed by atoms with Crippen molar-refractivity contribution in [3.8, 4) is 11.5 Å². The Balaban J connectivity index is 1.63. The predicted molar refractivity (Wildman–Crippen MR) is 117 cm³/mol. The van der Waals surface area contributed by atoms with Gasteiger partial charge in [0.05, 0.1) is 24.5 Å². The molecule has 2 heterocycles. The monoisotopic (exact) mass is 459 g/mol. The number of anilines is 1. The molecule has 0 atom stereocenters. The smallest absolute Gasteiger partial charge is 0.355 e. The molecule has 1 aromatic heterocycles. The Morgan fingerprint density at radius 1 is 1.09 bits per heavy atom.